The van der Waals surface area contributed by atoms with Crippen molar-refractivity contribution in [1.82, 2.24) is 4.31 Å². The van der Waals surface area contributed by atoms with E-state index in [0.29, 0.717) is 10.8 Å². The lowest BCUT2D eigenvalue weighted by Crippen LogP contribution is -2.48. The first-order chi connectivity index (χ1) is 8.96. The SMILES string of the molecule is CCc1ccc(S(=O)(=O)N2CCCCC2C(C)O)s1. The van der Waals surface area contributed by atoms with Gasteiger partial charge in [-0.05, 0) is 38.3 Å². The number of nitrogens with zero attached hydrogens (tertiary/aromatic N) is 1. The predicted octanol–water partition coefficient (Wildman–Crippen LogP) is 2.23. The highest BCUT2D eigenvalue weighted by Crippen LogP contribution is 2.30. The second kappa shape index (κ2) is 5.91. The minimum absolute atomic E-state index is 0.286. The number of rotatable bonds is 4. The smallest absolute Gasteiger partial charge is 0.252 e. The zero-order chi connectivity index (χ0) is 14.0. The largest absolute Gasteiger partial charge is 0.392 e. The summed E-state index contributed by atoms with van der Waals surface area (Å²) in [5, 5.41) is 9.81. The summed E-state index contributed by atoms with van der Waals surface area (Å²) in [6.45, 7) is 4.20. The minimum Gasteiger partial charge on any atom is -0.392 e. The van der Waals surface area contributed by atoms with E-state index in [1.54, 1.807) is 13.0 Å². The van der Waals surface area contributed by atoms with Crippen LogP contribution in [-0.2, 0) is 16.4 Å². The minimum atomic E-state index is -3.45. The molecule has 0 amide bonds. The molecule has 4 nitrogen and oxygen atoms in total. The van der Waals surface area contributed by atoms with E-state index in [-0.39, 0.29) is 6.04 Å². The van der Waals surface area contributed by atoms with E-state index < -0.39 is 16.1 Å². The van der Waals surface area contributed by atoms with E-state index in [1.807, 2.05) is 13.0 Å². The summed E-state index contributed by atoms with van der Waals surface area (Å²) in [6, 6.07) is 3.27. The molecule has 1 saturated heterocycles. The van der Waals surface area contributed by atoms with E-state index in [0.717, 1.165) is 30.6 Å². The molecule has 0 aromatic carbocycles. The first-order valence-electron chi connectivity index (χ1n) is 6.75. The maximum atomic E-state index is 12.7. The van der Waals surface area contributed by atoms with Crippen LogP contribution in [0.4, 0.5) is 0 Å². The molecule has 1 N–H and O–H groups in total. The first-order valence-corrected chi connectivity index (χ1v) is 9.01. The lowest BCUT2D eigenvalue weighted by atomic mass is 10.0. The van der Waals surface area contributed by atoms with E-state index in [9.17, 15) is 13.5 Å². The Balaban J connectivity index is 2.31. The average molecular weight is 303 g/mol. The maximum absolute atomic E-state index is 12.7. The highest BCUT2D eigenvalue weighted by molar-refractivity contribution is 7.91. The number of hydrogen-bond acceptors (Lipinski definition) is 4. The third kappa shape index (κ3) is 3.02. The standard InChI is InChI=1S/C13H21NO3S2/c1-3-11-7-8-13(18-11)19(16,17)14-9-5-4-6-12(14)10(2)15/h7-8,10,12,15H,3-6,9H2,1-2H3. The zero-order valence-electron chi connectivity index (χ0n) is 11.4. The van der Waals surface area contributed by atoms with Crippen LogP contribution in [0.15, 0.2) is 16.3 Å². The van der Waals surface area contributed by atoms with Crippen LogP contribution >= 0.6 is 11.3 Å². The third-order valence-electron chi connectivity index (χ3n) is 3.60. The second-order valence-corrected chi connectivity index (χ2v) is 8.28. The Hall–Kier alpha value is -0.430. The Labute approximate surface area is 119 Å². The molecular formula is C13H21NO3S2. The van der Waals surface area contributed by atoms with Crippen LogP contribution in [0.25, 0.3) is 0 Å². The van der Waals surface area contributed by atoms with Crippen molar-refractivity contribution in [3.63, 3.8) is 0 Å². The molecule has 108 valence electrons. The molecule has 2 atom stereocenters. The van der Waals surface area contributed by atoms with Gasteiger partial charge in [0.25, 0.3) is 10.0 Å². The summed E-state index contributed by atoms with van der Waals surface area (Å²) in [4.78, 5) is 1.07. The van der Waals surface area contributed by atoms with Crippen LogP contribution < -0.4 is 0 Å². The number of aryl methyl sites for hydroxylation is 1. The summed E-state index contributed by atoms with van der Waals surface area (Å²) < 4.78 is 27.2. The zero-order valence-corrected chi connectivity index (χ0v) is 13.0. The van der Waals surface area contributed by atoms with Crippen molar-refractivity contribution in [2.45, 2.75) is 55.9 Å². The molecule has 2 rings (SSSR count). The van der Waals surface area contributed by atoms with Crippen molar-refractivity contribution in [2.75, 3.05) is 6.54 Å². The summed E-state index contributed by atoms with van der Waals surface area (Å²) in [7, 11) is -3.45. The number of aliphatic hydroxyl groups is 1. The fourth-order valence-corrected chi connectivity index (χ4v) is 5.70. The Bertz CT molecular complexity index is 522. The van der Waals surface area contributed by atoms with Gasteiger partial charge in [-0.1, -0.05) is 13.3 Å². The molecule has 6 heteroatoms. The van der Waals surface area contributed by atoms with Gasteiger partial charge in [0.05, 0.1) is 12.1 Å². The van der Waals surface area contributed by atoms with Crippen molar-refractivity contribution in [3.05, 3.63) is 17.0 Å². The molecule has 1 aliphatic heterocycles. The van der Waals surface area contributed by atoms with E-state index >= 15 is 0 Å². The van der Waals surface area contributed by atoms with Crippen molar-refractivity contribution < 1.29 is 13.5 Å². The number of sulfonamides is 1. The molecule has 1 aliphatic rings. The molecule has 0 radical (unpaired) electrons. The maximum Gasteiger partial charge on any atom is 0.252 e. The van der Waals surface area contributed by atoms with Crippen LogP contribution in [0.3, 0.4) is 0 Å². The van der Waals surface area contributed by atoms with Crippen LogP contribution in [0.2, 0.25) is 0 Å². The van der Waals surface area contributed by atoms with Gasteiger partial charge in [0, 0.05) is 11.4 Å². The molecule has 1 fully saturated rings. The van der Waals surface area contributed by atoms with Gasteiger partial charge in [0.1, 0.15) is 4.21 Å². The van der Waals surface area contributed by atoms with Gasteiger partial charge in [-0.3, -0.25) is 0 Å². The summed E-state index contributed by atoms with van der Waals surface area (Å²) in [6.07, 6.45) is 2.81. The molecule has 1 aromatic heterocycles. The van der Waals surface area contributed by atoms with Gasteiger partial charge in [-0.2, -0.15) is 4.31 Å². The molecule has 0 saturated carbocycles. The highest BCUT2D eigenvalue weighted by Gasteiger charge is 2.36. The van der Waals surface area contributed by atoms with Crippen molar-refractivity contribution in [1.29, 1.82) is 0 Å². The van der Waals surface area contributed by atoms with E-state index in [2.05, 4.69) is 0 Å². The van der Waals surface area contributed by atoms with Crippen LogP contribution in [0.5, 0.6) is 0 Å². The Kier molecular flexibility index (Phi) is 4.66. The Morgan fingerprint density at radius 2 is 2.21 bits per heavy atom. The Morgan fingerprint density at radius 1 is 1.47 bits per heavy atom. The van der Waals surface area contributed by atoms with Gasteiger partial charge in [-0.15, -0.1) is 11.3 Å². The van der Waals surface area contributed by atoms with Gasteiger partial charge in [-0.25, -0.2) is 8.42 Å². The summed E-state index contributed by atoms with van der Waals surface area (Å²) in [5.41, 5.74) is 0. The van der Waals surface area contributed by atoms with E-state index in [4.69, 9.17) is 0 Å². The lowest BCUT2D eigenvalue weighted by Gasteiger charge is -2.35. The van der Waals surface area contributed by atoms with Gasteiger partial charge >= 0.3 is 0 Å². The topological polar surface area (TPSA) is 57.6 Å². The fraction of sp³-hybridized carbons (Fsp3) is 0.692. The molecule has 0 aliphatic carbocycles. The number of aliphatic hydroxyl groups excluding tert-OH is 1. The number of thiophene rings is 1. The molecule has 19 heavy (non-hydrogen) atoms. The molecule has 2 unspecified atom stereocenters. The van der Waals surface area contributed by atoms with Crippen LogP contribution in [0.1, 0.15) is 38.0 Å². The van der Waals surface area contributed by atoms with Gasteiger partial charge < -0.3 is 5.11 Å². The number of hydrogen-bond donors (Lipinski definition) is 1. The van der Waals surface area contributed by atoms with Gasteiger partial charge in [0.2, 0.25) is 0 Å². The van der Waals surface area contributed by atoms with E-state index in [1.165, 1.54) is 15.6 Å². The average Bonchev–Trinajstić information content (AvgIpc) is 2.88. The summed E-state index contributed by atoms with van der Waals surface area (Å²) >= 11 is 1.34. The highest BCUT2D eigenvalue weighted by atomic mass is 32.2. The van der Waals surface area contributed by atoms with Crippen molar-refractivity contribution in [3.8, 4) is 0 Å². The molecule has 2 heterocycles. The fourth-order valence-electron chi connectivity index (χ4n) is 2.51. The van der Waals surface area contributed by atoms with Gasteiger partial charge in [0.15, 0.2) is 0 Å². The van der Waals surface area contributed by atoms with Crippen LogP contribution in [0, 0.1) is 0 Å². The number of piperidine rings is 1. The third-order valence-corrected chi connectivity index (χ3v) is 7.23. The van der Waals surface area contributed by atoms with Crippen LogP contribution in [-0.4, -0.2) is 36.5 Å². The Morgan fingerprint density at radius 3 is 2.79 bits per heavy atom. The molecule has 0 spiro atoms. The second-order valence-electron chi connectivity index (χ2n) is 4.99. The van der Waals surface area contributed by atoms with Crippen molar-refractivity contribution in [2.24, 2.45) is 0 Å². The summed E-state index contributed by atoms with van der Waals surface area (Å²) in [5.74, 6) is 0. The quantitative estimate of drug-likeness (QED) is 0.928. The normalized spacial score (nSPS) is 23.4. The lowest BCUT2D eigenvalue weighted by molar-refractivity contribution is 0.0832. The van der Waals surface area contributed by atoms with Crippen molar-refractivity contribution >= 4 is 21.4 Å². The first kappa shape index (κ1) is 15.0. The molecule has 0 bridgehead atoms. The predicted molar refractivity (Wildman–Crippen MR) is 76.9 cm³/mol. The molecular weight excluding hydrogens is 282 g/mol. The monoisotopic (exact) mass is 303 g/mol. The molecule has 1 aromatic rings.